The molecule has 1 saturated carbocycles. The molecular weight excluding hydrogens is 254 g/mol. The Morgan fingerprint density at radius 2 is 2.10 bits per heavy atom. The zero-order chi connectivity index (χ0) is 13.6. The monoisotopic (exact) mass is 275 g/mol. The molecule has 20 heavy (non-hydrogen) atoms. The van der Waals surface area contributed by atoms with Crippen LogP contribution in [0.25, 0.3) is 11.6 Å². The summed E-state index contributed by atoms with van der Waals surface area (Å²) in [5.74, 6) is 1.21. The first-order valence-electron chi connectivity index (χ1n) is 7.47. The van der Waals surface area contributed by atoms with Crippen LogP contribution in [0.3, 0.4) is 0 Å². The van der Waals surface area contributed by atoms with E-state index in [9.17, 15) is 0 Å². The van der Waals surface area contributed by atoms with Gasteiger partial charge < -0.3 is 9.73 Å². The summed E-state index contributed by atoms with van der Waals surface area (Å²) in [6.07, 6.45) is 9.67. The Morgan fingerprint density at radius 3 is 2.85 bits per heavy atom. The van der Waals surface area contributed by atoms with Crippen molar-refractivity contribution in [2.75, 3.05) is 6.54 Å². The van der Waals surface area contributed by atoms with Gasteiger partial charge in [0.1, 0.15) is 0 Å². The summed E-state index contributed by atoms with van der Waals surface area (Å²) in [4.78, 5) is 1.63. The van der Waals surface area contributed by atoms with E-state index in [1.807, 2.05) is 12.1 Å². The van der Waals surface area contributed by atoms with Crippen molar-refractivity contribution in [2.45, 2.75) is 51.1 Å². The minimum absolute atomic E-state index is 0.546. The third-order valence-electron chi connectivity index (χ3n) is 3.79. The molecule has 0 aromatic carbocycles. The maximum absolute atomic E-state index is 5.25. The summed E-state index contributed by atoms with van der Waals surface area (Å²) in [6.45, 7) is 1.63. The van der Waals surface area contributed by atoms with E-state index in [0.717, 1.165) is 13.1 Å². The molecule has 0 atom stereocenters. The molecule has 1 N–H and O–H groups in total. The largest absolute Gasteiger partial charge is 0.461 e. The Kier molecular flexibility index (Phi) is 4.42. The lowest BCUT2D eigenvalue weighted by Crippen LogP contribution is -2.31. The summed E-state index contributed by atoms with van der Waals surface area (Å²) in [5.41, 5.74) is 0. The fourth-order valence-electron chi connectivity index (χ4n) is 2.69. The van der Waals surface area contributed by atoms with Gasteiger partial charge in [0.15, 0.2) is 5.76 Å². The molecule has 0 aliphatic heterocycles. The molecule has 108 valence electrons. The molecule has 6 nitrogen and oxygen atoms in total. The predicted molar refractivity (Wildman–Crippen MR) is 75.0 cm³/mol. The molecule has 0 spiro atoms. The highest BCUT2D eigenvalue weighted by atomic mass is 16.3. The number of hydrogen-bond donors (Lipinski definition) is 1. The van der Waals surface area contributed by atoms with Gasteiger partial charge in [0.2, 0.25) is 5.82 Å². The van der Waals surface area contributed by atoms with Gasteiger partial charge in [-0.3, -0.25) is 0 Å². The van der Waals surface area contributed by atoms with E-state index in [0.29, 0.717) is 17.6 Å². The SMILES string of the molecule is c1coc(-c2nnn(CCNC3CCCCCC3)n2)c1. The Morgan fingerprint density at radius 1 is 1.25 bits per heavy atom. The molecule has 0 bridgehead atoms. The fourth-order valence-corrected chi connectivity index (χ4v) is 2.69. The number of rotatable bonds is 5. The molecule has 2 heterocycles. The van der Waals surface area contributed by atoms with Gasteiger partial charge >= 0.3 is 0 Å². The number of nitrogens with zero attached hydrogens (tertiary/aromatic N) is 4. The zero-order valence-electron chi connectivity index (χ0n) is 11.7. The third-order valence-corrected chi connectivity index (χ3v) is 3.79. The van der Waals surface area contributed by atoms with Gasteiger partial charge in [0.05, 0.1) is 12.8 Å². The van der Waals surface area contributed by atoms with Crippen LogP contribution in [-0.2, 0) is 6.54 Å². The highest BCUT2D eigenvalue weighted by molar-refractivity contribution is 5.43. The first-order valence-corrected chi connectivity index (χ1v) is 7.47. The van der Waals surface area contributed by atoms with Gasteiger partial charge in [0.25, 0.3) is 0 Å². The minimum atomic E-state index is 0.546. The number of furan rings is 1. The van der Waals surface area contributed by atoms with Gasteiger partial charge in [0, 0.05) is 12.6 Å². The van der Waals surface area contributed by atoms with E-state index in [4.69, 9.17) is 4.42 Å². The molecule has 0 radical (unpaired) electrons. The molecule has 2 aromatic rings. The number of aromatic nitrogens is 4. The van der Waals surface area contributed by atoms with Crippen molar-refractivity contribution in [2.24, 2.45) is 0 Å². The van der Waals surface area contributed by atoms with E-state index in [2.05, 4.69) is 20.7 Å². The minimum Gasteiger partial charge on any atom is -0.461 e. The number of nitrogens with one attached hydrogen (secondary N) is 1. The third kappa shape index (κ3) is 3.45. The second kappa shape index (κ2) is 6.65. The summed E-state index contributed by atoms with van der Waals surface area (Å²) in [7, 11) is 0. The van der Waals surface area contributed by atoms with Gasteiger partial charge in [-0.15, -0.1) is 10.2 Å². The van der Waals surface area contributed by atoms with Crippen molar-refractivity contribution in [3.63, 3.8) is 0 Å². The summed E-state index contributed by atoms with van der Waals surface area (Å²) in [6, 6.07) is 4.32. The first-order chi connectivity index (χ1) is 9.92. The van der Waals surface area contributed by atoms with Crippen LogP contribution in [0.4, 0.5) is 0 Å². The van der Waals surface area contributed by atoms with Crippen LogP contribution in [0.5, 0.6) is 0 Å². The lowest BCUT2D eigenvalue weighted by atomic mass is 10.1. The smallest absolute Gasteiger partial charge is 0.240 e. The van der Waals surface area contributed by atoms with Crippen molar-refractivity contribution in [3.05, 3.63) is 18.4 Å². The second-order valence-corrected chi connectivity index (χ2v) is 5.33. The average Bonchev–Trinajstić information content (AvgIpc) is 3.07. The van der Waals surface area contributed by atoms with Crippen molar-refractivity contribution in [1.82, 2.24) is 25.5 Å². The molecule has 2 aromatic heterocycles. The Labute approximate surface area is 118 Å². The number of tetrazole rings is 1. The van der Waals surface area contributed by atoms with Crippen LogP contribution in [0, 0.1) is 0 Å². The van der Waals surface area contributed by atoms with Crippen LogP contribution >= 0.6 is 0 Å². The van der Waals surface area contributed by atoms with Crippen molar-refractivity contribution in [1.29, 1.82) is 0 Å². The van der Waals surface area contributed by atoms with Gasteiger partial charge in [-0.1, -0.05) is 25.7 Å². The lowest BCUT2D eigenvalue weighted by Gasteiger charge is -2.15. The molecule has 1 aliphatic rings. The van der Waals surface area contributed by atoms with Crippen LogP contribution < -0.4 is 5.32 Å². The Balaban J connectivity index is 1.46. The van der Waals surface area contributed by atoms with Crippen LogP contribution in [0.2, 0.25) is 0 Å². The quantitative estimate of drug-likeness (QED) is 0.848. The molecule has 1 fully saturated rings. The molecule has 6 heteroatoms. The van der Waals surface area contributed by atoms with Crippen LogP contribution in [0.1, 0.15) is 38.5 Å². The van der Waals surface area contributed by atoms with Crippen molar-refractivity contribution in [3.8, 4) is 11.6 Å². The molecule has 0 unspecified atom stereocenters. The Hall–Kier alpha value is -1.69. The van der Waals surface area contributed by atoms with E-state index >= 15 is 0 Å². The second-order valence-electron chi connectivity index (χ2n) is 5.33. The average molecular weight is 275 g/mol. The molecular formula is C14H21N5O. The summed E-state index contributed by atoms with van der Waals surface area (Å²) >= 11 is 0. The highest BCUT2D eigenvalue weighted by Crippen LogP contribution is 2.17. The topological polar surface area (TPSA) is 68.8 Å². The van der Waals surface area contributed by atoms with E-state index in [-0.39, 0.29) is 0 Å². The molecule has 0 saturated heterocycles. The van der Waals surface area contributed by atoms with Crippen molar-refractivity contribution >= 4 is 0 Å². The molecule has 3 rings (SSSR count). The van der Waals surface area contributed by atoms with E-state index < -0.39 is 0 Å². The van der Waals surface area contributed by atoms with Crippen molar-refractivity contribution < 1.29 is 4.42 Å². The standard InChI is InChI=1S/C14H21N5O/c1-2-4-7-12(6-3-1)15-9-10-19-17-14(16-18-19)13-8-5-11-20-13/h5,8,11-12,15H,1-4,6-7,9-10H2. The molecule has 1 aliphatic carbocycles. The van der Waals surface area contributed by atoms with Gasteiger partial charge in [-0.25, -0.2) is 0 Å². The maximum Gasteiger partial charge on any atom is 0.240 e. The van der Waals surface area contributed by atoms with E-state index in [1.54, 1.807) is 11.1 Å². The normalized spacial score (nSPS) is 17.2. The zero-order valence-corrected chi connectivity index (χ0v) is 11.7. The first kappa shape index (κ1) is 13.3. The summed E-state index contributed by atoms with van der Waals surface area (Å²) in [5, 5.41) is 16.0. The lowest BCUT2D eigenvalue weighted by molar-refractivity contribution is 0.418. The van der Waals surface area contributed by atoms with Crippen LogP contribution in [0.15, 0.2) is 22.8 Å². The van der Waals surface area contributed by atoms with E-state index in [1.165, 1.54) is 38.5 Å². The van der Waals surface area contributed by atoms with Gasteiger partial charge in [-0.2, -0.15) is 4.80 Å². The Bertz CT molecular complexity index is 499. The molecule has 0 amide bonds. The summed E-state index contributed by atoms with van der Waals surface area (Å²) < 4.78 is 5.25. The fraction of sp³-hybridized carbons (Fsp3) is 0.643. The van der Waals surface area contributed by atoms with Crippen LogP contribution in [-0.4, -0.2) is 32.8 Å². The number of hydrogen-bond acceptors (Lipinski definition) is 5. The van der Waals surface area contributed by atoms with Gasteiger partial charge in [-0.05, 0) is 30.2 Å². The highest BCUT2D eigenvalue weighted by Gasteiger charge is 2.12. The predicted octanol–water partition coefficient (Wildman–Crippen LogP) is 2.25. The maximum atomic E-state index is 5.25.